The summed E-state index contributed by atoms with van der Waals surface area (Å²) in [4.78, 5) is 0. The van der Waals surface area contributed by atoms with Crippen LogP contribution in [-0.2, 0) is 20.0 Å². The van der Waals surface area contributed by atoms with Crippen LogP contribution in [0.15, 0.2) is 33.3 Å². The van der Waals surface area contributed by atoms with Gasteiger partial charge in [-0.25, -0.2) is 0 Å². The molecule has 0 bridgehead atoms. The summed E-state index contributed by atoms with van der Waals surface area (Å²) >= 11 is 7.03. The number of methoxy groups -OCH3 is 1. The molecular weight excluding hydrogens is 386 g/mol. The van der Waals surface area contributed by atoms with Crippen LogP contribution in [0.5, 0.6) is 5.75 Å². The Bertz CT molecular complexity index is 561. The van der Waals surface area contributed by atoms with Crippen molar-refractivity contribution in [2.24, 2.45) is 7.05 Å². The van der Waals surface area contributed by atoms with Crippen LogP contribution < -0.4 is 10.1 Å². The van der Waals surface area contributed by atoms with Gasteiger partial charge in [0.1, 0.15) is 5.75 Å². The quantitative estimate of drug-likeness (QED) is 0.753. The molecule has 1 aromatic carbocycles. The van der Waals surface area contributed by atoms with Crippen LogP contribution in [0, 0.1) is 0 Å². The number of aromatic nitrogens is 2. The highest BCUT2D eigenvalue weighted by atomic mass is 79.9. The molecule has 6 heteroatoms. The van der Waals surface area contributed by atoms with Gasteiger partial charge in [-0.3, -0.25) is 4.68 Å². The summed E-state index contributed by atoms with van der Waals surface area (Å²) in [7, 11) is 3.63. The fraction of sp³-hybridized carbons (Fsp3) is 0.357. The molecule has 0 aliphatic carbocycles. The first-order valence-corrected chi connectivity index (χ1v) is 7.90. The predicted molar refractivity (Wildman–Crippen MR) is 87.0 cm³/mol. The zero-order valence-electron chi connectivity index (χ0n) is 11.5. The Hall–Kier alpha value is -0.850. The topological polar surface area (TPSA) is 39.1 Å². The second-order valence-electron chi connectivity index (χ2n) is 4.47. The van der Waals surface area contributed by atoms with Gasteiger partial charge in [0, 0.05) is 38.4 Å². The Morgan fingerprint density at radius 1 is 1.30 bits per heavy atom. The smallest absolute Gasteiger partial charge is 0.147 e. The summed E-state index contributed by atoms with van der Waals surface area (Å²) in [6.07, 6.45) is 2.79. The Balaban J connectivity index is 1.87. The molecule has 0 amide bonds. The van der Waals surface area contributed by atoms with Crippen molar-refractivity contribution in [1.29, 1.82) is 0 Å². The lowest BCUT2D eigenvalue weighted by Gasteiger charge is -2.10. The van der Waals surface area contributed by atoms with Crippen molar-refractivity contribution in [3.63, 3.8) is 0 Å². The first-order chi connectivity index (χ1) is 9.61. The SMILES string of the molecule is COc1c(Br)cc(CNCCc2ccnn2C)cc1Br. The minimum Gasteiger partial charge on any atom is -0.494 e. The van der Waals surface area contributed by atoms with E-state index in [-0.39, 0.29) is 0 Å². The van der Waals surface area contributed by atoms with E-state index in [1.54, 1.807) is 7.11 Å². The van der Waals surface area contributed by atoms with E-state index in [0.29, 0.717) is 0 Å². The lowest BCUT2D eigenvalue weighted by Crippen LogP contribution is -2.18. The molecule has 2 rings (SSSR count). The van der Waals surface area contributed by atoms with Gasteiger partial charge >= 0.3 is 0 Å². The number of rotatable bonds is 6. The molecule has 1 aromatic heterocycles. The summed E-state index contributed by atoms with van der Waals surface area (Å²) in [5.74, 6) is 0.823. The number of aryl methyl sites for hydroxylation is 1. The van der Waals surface area contributed by atoms with Gasteiger partial charge in [0.05, 0.1) is 16.1 Å². The number of hydrogen-bond acceptors (Lipinski definition) is 3. The molecule has 0 radical (unpaired) electrons. The highest BCUT2D eigenvalue weighted by Crippen LogP contribution is 2.34. The van der Waals surface area contributed by atoms with Gasteiger partial charge in [0.2, 0.25) is 0 Å². The zero-order chi connectivity index (χ0) is 14.5. The molecule has 1 heterocycles. The van der Waals surface area contributed by atoms with Crippen LogP contribution in [0.3, 0.4) is 0 Å². The van der Waals surface area contributed by atoms with Crippen molar-refractivity contribution in [1.82, 2.24) is 15.1 Å². The molecule has 0 saturated carbocycles. The molecule has 0 spiro atoms. The van der Waals surface area contributed by atoms with Gasteiger partial charge in [0.15, 0.2) is 0 Å². The van der Waals surface area contributed by atoms with E-state index < -0.39 is 0 Å². The predicted octanol–water partition coefficient (Wildman–Crippen LogP) is 3.29. The van der Waals surface area contributed by atoms with E-state index >= 15 is 0 Å². The Labute approximate surface area is 135 Å². The average Bonchev–Trinajstić information content (AvgIpc) is 2.80. The van der Waals surface area contributed by atoms with Gasteiger partial charge in [-0.05, 0) is 55.6 Å². The van der Waals surface area contributed by atoms with Gasteiger partial charge in [-0.1, -0.05) is 0 Å². The van der Waals surface area contributed by atoms with E-state index in [4.69, 9.17) is 4.74 Å². The van der Waals surface area contributed by atoms with E-state index in [0.717, 1.165) is 34.2 Å². The first-order valence-electron chi connectivity index (χ1n) is 6.31. The monoisotopic (exact) mass is 401 g/mol. The minimum atomic E-state index is 0.818. The summed E-state index contributed by atoms with van der Waals surface area (Å²) in [6.45, 7) is 1.74. The number of hydrogen-bond donors (Lipinski definition) is 1. The molecule has 0 aliphatic heterocycles. The number of nitrogens with one attached hydrogen (secondary N) is 1. The highest BCUT2D eigenvalue weighted by molar-refractivity contribution is 9.11. The van der Waals surface area contributed by atoms with Crippen LogP contribution >= 0.6 is 31.9 Å². The van der Waals surface area contributed by atoms with Crippen LogP contribution in [0.2, 0.25) is 0 Å². The molecule has 4 nitrogen and oxygen atoms in total. The fourth-order valence-electron chi connectivity index (χ4n) is 2.01. The third kappa shape index (κ3) is 3.84. The molecular formula is C14H17Br2N3O. The largest absolute Gasteiger partial charge is 0.494 e. The maximum atomic E-state index is 5.29. The summed E-state index contributed by atoms with van der Waals surface area (Å²) in [5, 5.41) is 7.59. The van der Waals surface area contributed by atoms with Gasteiger partial charge < -0.3 is 10.1 Å². The van der Waals surface area contributed by atoms with Gasteiger partial charge in [0.25, 0.3) is 0 Å². The second kappa shape index (κ2) is 7.24. The normalized spacial score (nSPS) is 10.8. The molecule has 0 atom stereocenters. The van der Waals surface area contributed by atoms with Crippen LogP contribution in [0.1, 0.15) is 11.3 Å². The molecule has 0 aliphatic rings. The summed E-state index contributed by atoms with van der Waals surface area (Å²) < 4.78 is 9.11. The van der Waals surface area contributed by atoms with Gasteiger partial charge in [-0.15, -0.1) is 0 Å². The Morgan fingerprint density at radius 3 is 2.55 bits per heavy atom. The highest BCUT2D eigenvalue weighted by Gasteiger charge is 2.07. The molecule has 1 N–H and O–H groups in total. The van der Waals surface area contributed by atoms with Crippen LogP contribution in [-0.4, -0.2) is 23.4 Å². The van der Waals surface area contributed by atoms with Crippen molar-refractivity contribution < 1.29 is 4.74 Å². The van der Waals surface area contributed by atoms with Crippen molar-refractivity contribution in [2.75, 3.05) is 13.7 Å². The van der Waals surface area contributed by atoms with Crippen molar-refractivity contribution in [2.45, 2.75) is 13.0 Å². The van der Waals surface area contributed by atoms with Crippen molar-refractivity contribution in [3.8, 4) is 5.75 Å². The number of halogens is 2. The van der Waals surface area contributed by atoms with E-state index in [2.05, 4.69) is 54.4 Å². The molecule has 0 fully saturated rings. The second-order valence-corrected chi connectivity index (χ2v) is 6.17. The third-order valence-corrected chi connectivity index (χ3v) is 4.25. The van der Waals surface area contributed by atoms with E-state index in [9.17, 15) is 0 Å². The van der Waals surface area contributed by atoms with Gasteiger partial charge in [-0.2, -0.15) is 5.10 Å². The maximum absolute atomic E-state index is 5.29. The Morgan fingerprint density at radius 2 is 2.00 bits per heavy atom. The first kappa shape index (κ1) is 15.5. The average molecular weight is 403 g/mol. The fourth-order valence-corrected chi connectivity index (χ4v) is 3.61. The molecule has 2 aromatic rings. The van der Waals surface area contributed by atoms with E-state index in [1.807, 2.05) is 24.0 Å². The van der Waals surface area contributed by atoms with Crippen LogP contribution in [0.4, 0.5) is 0 Å². The number of benzene rings is 1. The van der Waals surface area contributed by atoms with Crippen LogP contribution in [0.25, 0.3) is 0 Å². The zero-order valence-corrected chi connectivity index (χ0v) is 14.7. The Kier molecular flexibility index (Phi) is 5.63. The minimum absolute atomic E-state index is 0.818. The maximum Gasteiger partial charge on any atom is 0.147 e. The summed E-state index contributed by atoms with van der Waals surface area (Å²) in [5.41, 5.74) is 2.43. The van der Waals surface area contributed by atoms with Crippen molar-refractivity contribution >= 4 is 31.9 Å². The molecule has 0 saturated heterocycles. The third-order valence-electron chi connectivity index (χ3n) is 3.07. The molecule has 0 unspecified atom stereocenters. The van der Waals surface area contributed by atoms with Crippen molar-refractivity contribution in [3.05, 3.63) is 44.6 Å². The van der Waals surface area contributed by atoms with E-state index in [1.165, 1.54) is 11.3 Å². The number of nitrogens with zero attached hydrogens (tertiary/aromatic N) is 2. The standard InChI is InChI=1S/C14H17Br2N3O/c1-19-11(4-6-18-19)3-5-17-9-10-7-12(15)14(20-2)13(16)8-10/h4,6-8,17H,3,5,9H2,1-2H3. The summed E-state index contributed by atoms with van der Waals surface area (Å²) in [6, 6.07) is 6.18. The lowest BCUT2D eigenvalue weighted by atomic mass is 10.2. The lowest BCUT2D eigenvalue weighted by molar-refractivity contribution is 0.409. The molecule has 20 heavy (non-hydrogen) atoms. The number of ether oxygens (including phenoxy) is 1. The molecule has 108 valence electrons.